The Balaban J connectivity index is 1.68. The van der Waals surface area contributed by atoms with Crippen LogP contribution in [-0.4, -0.2) is 20.4 Å². The number of hydrogen-bond donors (Lipinski definition) is 1. The summed E-state index contributed by atoms with van der Waals surface area (Å²) in [6, 6.07) is 5.63. The van der Waals surface area contributed by atoms with Crippen molar-refractivity contribution in [3.8, 4) is 0 Å². The molecule has 1 aromatic carbocycles. The number of carbonyl (C=O) groups excluding carboxylic acids is 1. The molecule has 0 bridgehead atoms. The van der Waals surface area contributed by atoms with Crippen molar-refractivity contribution in [3.05, 3.63) is 74.0 Å². The lowest BCUT2D eigenvalue weighted by atomic mass is 10.1. The molecular weight excluding hydrogens is 415 g/mol. The fourth-order valence-electron chi connectivity index (χ4n) is 3.12. The number of hydrogen-bond acceptors (Lipinski definition) is 4. The van der Waals surface area contributed by atoms with Crippen molar-refractivity contribution in [1.29, 1.82) is 0 Å². The molecule has 5 nitrogen and oxygen atoms in total. The number of thiazole rings is 1. The van der Waals surface area contributed by atoms with Crippen molar-refractivity contribution in [2.24, 2.45) is 0 Å². The average Bonchev–Trinajstić information content (AvgIpc) is 3.21. The number of pyridine rings is 1. The average molecular weight is 431 g/mol. The maximum absolute atomic E-state index is 12.8. The van der Waals surface area contributed by atoms with E-state index in [0.717, 1.165) is 27.2 Å². The largest absolute Gasteiger partial charge is 0.341 e. The second-order valence-corrected chi connectivity index (χ2v) is 8.34. The Bertz CT molecular complexity index is 1180. The Hall–Kier alpha value is -2.41. The van der Waals surface area contributed by atoms with Crippen molar-refractivity contribution >= 4 is 57.0 Å². The van der Waals surface area contributed by atoms with E-state index in [9.17, 15) is 4.79 Å². The lowest BCUT2D eigenvalue weighted by Crippen LogP contribution is -2.13. The van der Waals surface area contributed by atoms with Gasteiger partial charge in [0, 0.05) is 40.4 Å². The zero-order valence-corrected chi connectivity index (χ0v) is 17.5. The van der Waals surface area contributed by atoms with Crippen LogP contribution in [0, 0.1) is 13.8 Å². The Kier molecular flexibility index (Phi) is 5.10. The quantitative estimate of drug-likeness (QED) is 0.450. The Morgan fingerprint density at radius 2 is 1.96 bits per heavy atom. The molecule has 0 spiro atoms. The van der Waals surface area contributed by atoms with Crippen LogP contribution in [0.15, 0.2) is 42.2 Å². The molecule has 0 fully saturated rings. The van der Waals surface area contributed by atoms with Crippen LogP contribution in [-0.2, 0) is 6.54 Å². The lowest BCUT2D eigenvalue weighted by Gasteiger charge is -2.09. The molecule has 4 rings (SSSR count). The van der Waals surface area contributed by atoms with Gasteiger partial charge in [0.25, 0.3) is 5.91 Å². The maximum Gasteiger partial charge on any atom is 0.255 e. The summed E-state index contributed by atoms with van der Waals surface area (Å²) < 4.78 is 2.11. The summed E-state index contributed by atoms with van der Waals surface area (Å²) in [5.74, 6) is -0.285. The minimum Gasteiger partial charge on any atom is -0.341 e. The molecule has 4 aromatic rings. The topological polar surface area (TPSA) is 59.8 Å². The minimum absolute atomic E-state index is 0.285. The molecular formula is C20H16Cl2N4OS. The van der Waals surface area contributed by atoms with E-state index in [2.05, 4.69) is 38.4 Å². The normalized spacial score (nSPS) is 11.1. The summed E-state index contributed by atoms with van der Waals surface area (Å²) in [7, 11) is 0. The van der Waals surface area contributed by atoms with Crippen LogP contribution in [0.4, 0.5) is 5.69 Å². The summed E-state index contributed by atoms with van der Waals surface area (Å²) >= 11 is 13.8. The van der Waals surface area contributed by atoms with Gasteiger partial charge in [-0.25, -0.2) is 4.98 Å². The number of aromatic nitrogens is 3. The first-order chi connectivity index (χ1) is 13.4. The molecule has 142 valence electrons. The predicted molar refractivity (Wildman–Crippen MR) is 115 cm³/mol. The van der Waals surface area contributed by atoms with Crippen LogP contribution in [0.2, 0.25) is 10.0 Å². The third-order valence-corrected chi connectivity index (χ3v) is 5.83. The van der Waals surface area contributed by atoms with Gasteiger partial charge >= 0.3 is 0 Å². The summed E-state index contributed by atoms with van der Waals surface area (Å²) in [5.41, 5.74) is 4.00. The highest BCUT2D eigenvalue weighted by Crippen LogP contribution is 2.30. The van der Waals surface area contributed by atoms with E-state index in [4.69, 9.17) is 23.2 Å². The SMILES string of the molecule is Cc1nc(Cn2cc(C)c3ccc(C(=O)Nc4c(Cl)cncc4Cl)cc32)cs1. The fraction of sp³-hybridized carbons (Fsp3) is 0.150. The first-order valence-corrected chi connectivity index (χ1v) is 10.2. The minimum atomic E-state index is -0.285. The van der Waals surface area contributed by atoms with Crippen molar-refractivity contribution in [2.75, 3.05) is 5.32 Å². The smallest absolute Gasteiger partial charge is 0.255 e. The Morgan fingerprint density at radius 3 is 2.64 bits per heavy atom. The van der Waals surface area contributed by atoms with Gasteiger partial charge in [0.15, 0.2) is 0 Å². The van der Waals surface area contributed by atoms with Crippen molar-refractivity contribution in [2.45, 2.75) is 20.4 Å². The van der Waals surface area contributed by atoms with Crippen LogP contribution in [0.5, 0.6) is 0 Å². The van der Waals surface area contributed by atoms with Gasteiger partial charge in [-0.15, -0.1) is 11.3 Å². The molecule has 0 aliphatic carbocycles. The van der Waals surface area contributed by atoms with Crippen molar-refractivity contribution in [1.82, 2.24) is 14.5 Å². The summed E-state index contributed by atoms with van der Waals surface area (Å²) in [6.07, 6.45) is 4.96. The maximum atomic E-state index is 12.8. The van der Waals surface area contributed by atoms with Crippen molar-refractivity contribution < 1.29 is 4.79 Å². The number of nitrogens with zero attached hydrogens (tertiary/aromatic N) is 3. The Labute approximate surface area is 176 Å². The van der Waals surface area contributed by atoms with Gasteiger partial charge in [0.2, 0.25) is 0 Å². The fourth-order valence-corrected chi connectivity index (χ4v) is 4.18. The second-order valence-electron chi connectivity index (χ2n) is 6.46. The second kappa shape index (κ2) is 7.54. The van der Waals surface area contributed by atoms with Gasteiger partial charge < -0.3 is 9.88 Å². The predicted octanol–water partition coefficient (Wildman–Crippen LogP) is 5.72. The number of fused-ring (bicyclic) bond motifs is 1. The highest BCUT2D eigenvalue weighted by Gasteiger charge is 2.15. The van der Waals surface area contributed by atoms with Crippen LogP contribution < -0.4 is 5.32 Å². The molecule has 3 aromatic heterocycles. The highest BCUT2D eigenvalue weighted by molar-refractivity contribution is 7.09. The molecule has 0 radical (unpaired) electrons. The highest BCUT2D eigenvalue weighted by atomic mass is 35.5. The zero-order chi connectivity index (χ0) is 19.8. The number of amides is 1. The van der Waals surface area contributed by atoms with E-state index in [1.807, 2.05) is 19.1 Å². The van der Waals surface area contributed by atoms with Crippen LogP contribution >= 0.6 is 34.5 Å². The molecule has 0 saturated heterocycles. The molecule has 0 saturated carbocycles. The standard InChI is InChI=1S/C20H16Cl2N4OS/c1-11-8-26(9-14-10-28-12(2)24-14)18-5-13(3-4-15(11)18)20(27)25-19-16(21)6-23-7-17(19)22/h3-8,10H,9H2,1-2H3,(H,23,25,27). The first kappa shape index (κ1) is 18.9. The zero-order valence-electron chi connectivity index (χ0n) is 15.2. The van der Waals surface area contributed by atoms with Gasteiger partial charge in [0.05, 0.1) is 33.0 Å². The van der Waals surface area contributed by atoms with Crippen LogP contribution in [0.3, 0.4) is 0 Å². The number of aryl methyl sites for hydroxylation is 2. The monoisotopic (exact) mass is 430 g/mol. The van der Waals surface area contributed by atoms with Crippen LogP contribution in [0.25, 0.3) is 10.9 Å². The summed E-state index contributed by atoms with van der Waals surface area (Å²) in [4.78, 5) is 21.2. The molecule has 0 aliphatic heterocycles. The van der Waals surface area contributed by atoms with Gasteiger partial charge in [-0.05, 0) is 31.5 Å². The molecule has 0 aliphatic rings. The third-order valence-electron chi connectivity index (χ3n) is 4.43. The number of rotatable bonds is 4. The van der Waals surface area contributed by atoms with E-state index < -0.39 is 0 Å². The number of carbonyl (C=O) groups is 1. The lowest BCUT2D eigenvalue weighted by molar-refractivity contribution is 0.102. The van der Waals surface area contributed by atoms with Gasteiger partial charge in [0.1, 0.15) is 0 Å². The molecule has 3 heterocycles. The Morgan fingerprint density at radius 1 is 1.21 bits per heavy atom. The number of anilines is 1. The van der Waals surface area contributed by atoms with Crippen molar-refractivity contribution in [3.63, 3.8) is 0 Å². The summed E-state index contributed by atoms with van der Waals surface area (Å²) in [5, 5.41) is 7.55. The van der Waals surface area contributed by atoms with E-state index in [0.29, 0.717) is 27.8 Å². The first-order valence-electron chi connectivity index (χ1n) is 8.53. The third kappa shape index (κ3) is 3.63. The van der Waals surface area contributed by atoms with E-state index >= 15 is 0 Å². The molecule has 1 N–H and O–H groups in total. The number of halogens is 2. The van der Waals surface area contributed by atoms with Gasteiger partial charge in [-0.1, -0.05) is 29.3 Å². The number of benzene rings is 1. The van der Waals surface area contributed by atoms with Gasteiger partial charge in [-0.3, -0.25) is 9.78 Å². The summed E-state index contributed by atoms with van der Waals surface area (Å²) in [6.45, 7) is 4.70. The van der Waals surface area contributed by atoms with E-state index in [-0.39, 0.29) is 5.91 Å². The van der Waals surface area contributed by atoms with E-state index in [1.54, 1.807) is 17.4 Å². The molecule has 0 unspecified atom stereocenters. The van der Waals surface area contributed by atoms with Gasteiger partial charge in [-0.2, -0.15) is 0 Å². The van der Waals surface area contributed by atoms with E-state index in [1.165, 1.54) is 12.4 Å². The molecule has 8 heteroatoms. The molecule has 0 atom stereocenters. The number of nitrogens with one attached hydrogen (secondary N) is 1. The molecule has 28 heavy (non-hydrogen) atoms. The molecule has 1 amide bonds. The van der Waals surface area contributed by atoms with Crippen LogP contribution in [0.1, 0.15) is 26.6 Å².